The average molecular weight is 290 g/mol. The van der Waals surface area contributed by atoms with E-state index in [1.54, 1.807) is 0 Å². The first kappa shape index (κ1) is 16.2. The summed E-state index contributed by atoms with van der Waals surface area (Å²) in [4.78, 5) is 12.2. The first-order valence-electron chi connectivity index (χ1n) is 7.86. The quantitative estimate of drug-likeness (QED) is 0.770. The van der Waals surface area contributed by atoms with E-state index in [1.165, 1.54) is 5.56 Å². The number of carbonyl (C=O) groups is 1. The number of ether oxygens (including phenoxy) is 2. The summed E-state index contributed by atoms with van der Waals surface area (Å²) in [7, 11) is 0. The maximum atomic E-state index is 12.2. The van der Waals surface area contributed by atoms with Crippen molar-refractivity contribution in [3.05, 3.63) is 35.4 Å². The summed E-state index contributed by atoms with van der Waals surface area (Å²) in [5.41, 5.74) is 1.98. The molecule has 3 nitrogen and oxygen atoms in total. The first-order chi connectivity index (χ1) is 9.95. The fourth-order valence-corrected chi connectivity index (χ4v) is 2.81. The standard InChI is InChI=1S/C18H26O3/c1-12(2)15-5-7-16(8-6-15)18(19)11-20-17-9-13(3)21-14(4)10-17/h5-8,12-14,17H,9-11H2,1-4H3. The van der Waals surface area contributed by atoms with Crippen LogP contribution in [0.4, 0.5) is 0 Å². The van der Waals surface area contributed by atoms with E-state index >= 15 is 0 Å². The van der Waals surface area contributed by atoms with Gasteiger partial charge in [0.25, 0.3) is 0 Å². The summed E-state index contributed by atoms with van der Waals surface area (Å²) in [5, 5.41) is 0. The van der Waals surface area contributed by atoms with E-state index in [1.807, 2.05) is 24.3 Å². The molecule has 1 saturated heterocycles. The molecule has 2 atom stereocenters. The molecule has 1 aliphatic rings. The molecule has 2 unspecified atom stereocenters. The fourth-order valence-electron chi connectivity index (χ4n) is 2.81. The molecule has 0 spiro atoms. The molecule has 0 aliphatic carbocycles. The maximum Gasteiger partial charge on any atom is 0.188 e. The van der Waals surface area contributed by atoms with Crippen LogP contribution in [0.3, 0.4) is 0 Å². The van der Waals surface area contributed by atoms with Gasteiger partial charge in [0, 0.05) is 5.56 Å². The van der Waals surface area contributed by atoms with Gasteiger partial charge in [0.2, 0.25) is 0 Å². The van der Waals surface area contributed by atoms with Crippen molar-refractivity contribution in [3.63, 3.8) is 0 Å². The Morgan fingerprint density at radius 2 is 1.76 bits per heavy atom. The Balaban J connectivity index is 1.86. The number of carbonyl (C=O) groups excluding carboxylic acids is 1. The van der Waals surface area contributed by atoms with Crippen molar-refractivity contribution in [1.82, 2.24) is 0 Å². The molecule has 0 bridgehead atoms. The van der Waals surface area contributed by atoms with Crippen molar-refractivity contribution >= 4 is 5.78 Å². The molecule has 1 fully saturated rings. The third kappa shape index (κ3) is 4.65. The van der Waals surface area contributed by atoms with E-state index in [-0.39, 0.29) is 30.7 Å². The summed E-state index contributed by atoms with van der Waals surface area (Å²) in [5.74, 6) is 0.535. The molecular formula is C18H26O3. The summed E-state index contributed by atoms with van der Waals surface area (Å²) in [6, 6.07) is 7.85. The molecule has 3 heteroatoms. The minimum atomic E-state index is 0.0529. The molecule has 0 saturated carbocycles. The van der Waals surface area contributed by atoms with Gasteiger partial charge in [-0.05, 0) is 38.2 Å². The minimum absolute atomic E-state index is 0.0529. The predicted octanol–water partition coefficient (Wildman–Crippen LogP) is 3.97. The van der Waals surface area contributed by atoms with E-state index in [9.17, 15) is 4.79 Å². The minimum Gasteiger partial charge on any atom is -0.375 e. The average Bonchev–Trinajstić information content (AvgIpc) is 2.44. The van der Waals surface area contributed by atoms with Gasteiger partial charge in [-0.1, -0.05) is 38.1 Å². The lowest BCUT2D eigenvalue weighted by atomic mass is 10.0. The largest absolute Gasteiger partial charge is 0.375 e. The van der Waals surface area contributed by atoms with E-state index in [0.29, 0.717) is 5.92 Å². The van der Waals surface area contributed by atoms with Crippen LogP contribution in [-0.4, -0.2) is 30.7 Å². The lowest BCUT2D eigenvalue weighted by Gasteiger charge is -2.31. The van der Waals surface area contributed by atoms with E-state index in [0.717, 1.165) is 18.4 Å². The Morgan fingerprint density at radius 1 is 1.19 bits per heavy atom. The normalized spacial score (nSPS) is 26.0. The Hall–Kier alpha value is -1.19. The molecule has 1 aliphatic heterocycles. The summed E-state index contributed by atoms with van der Waals surface area (Å²) >= 11 is 0. The van der Waals surface area contributed by atoms with Crippen molar-refractivity contribution in [2.45, 2.75) is 64.8 Å². The highest BCUT2D eigenvalue weighted by Crippen LogP contribution is 2.22. The van der Waals surface area contributed by atoms with Crippen LogP contribution in [0.2, 0.25) is 0 Å². The Labute approximate surface area is 127 Å². The molecule has 1 aromatic rings. The van der Waals surface area contributed by atoms with Crippen molar-refractivity contribution in [2.24, 2.45) is 0 Å². The Bertz CT molecular complexity index is 454. The molecule has 21 heavy (non-hydrogen) atoms. The number of ketones is 1. The molecule has 0 N–H and O–H groups in total. The van der Waals surface area contributed by atoms with Gasteiger partial charge in [0.15, 0.2) is 5.78 Å². The van der Waals surface area contributed by atoms with E-state index in [4.69, 9.17) is 9.47 Å². The van der Waals surface area contributed by atoms with Crippen LogP contribution >= 0.6 is 0 Å². The van der Waals surface area contributed by atoms with Crippen LogP contribution in [0.5, 0.6) is 0 Å². The molecule has 2 rings (SSSR count). The second kappa shape index (κ2) is 7.19. The lowest BCUT2D eigenvalue weighted by molar-refractivity contribution is -0.0975. The van der Waals surface area contributed by atoms with Gasteiger partial charge >= 0.3 is 0 Å². The molecule has 1 aromatic carbocycles. The smallest absolute Gasteiger partial charge is 0.188 e. The highest BCUT2D eigenvalue weighted by Gasteiger charge is 2.25. The Kier molecular flexibility index (Phi) is 5.54. The number of rotatable bonds is 5. The molecule has 0 amide bonds. The van der Waals surface area contributed by atoms with E-state index in [2.05, 4.69) is 27.7 Å². The molecule has 0 radical (unpaired) electrons. The van der Waals surface area contributed by atoms with Crippen molar-refractivity contribution in [3.8, 4) is 0 Å². The van der Waals surface area contributed by atoms with Gasteiger partial charge in [0.05, 0.1) is 18.3 Å². The first-order valence-corrected chi connectivity index (χ1v) is 7.86. The van der Waals surface area contributed by atoms with Gasteiger partial charge in [-0.15, -0.1) is 0 Å². The molecule has 0 aromatic heterocycles. The number of benzene rings is 1. The number of hydrogen-bond acceptors (Lipinski definition) is 3. The van der Waals surface area contributed by atoms with Crippen LogP contribution < -0.4 is 0 Å². The second-order valence-electron chi connectivity index (χ2n) is 6.36. The Morgan fingerprint density at radius 3 is 2.29 bits per heavy atom. The summed E-state index contributed by atoms with van der Waals surface area (Å²) in [6.45, 7) is 8.56. The van der Waals surface area contributed by atoms with Crippen LogP contribution in [0.25, 0.3) is 0 Å². The van der Waals surface area contributed by atoms with Crippen LogP contribution in [0.1, 0.15) is 62.4 Å². The molecule has 1 heterocycles. The monoisotopic (exact) mass is 290 g/mol. The van der Waals surface area contributed by atoms with Crippen LogP contribution in [-0.2, 0) is 9.47 Å². The topological polar surface area (TPSA) is 35.5 Å². The van der Waals surface area contributed by atoms with Crippen LogP contribution in [0, 0.1) is 0 Å². The van der Waals surface area contributed by atoms with Crippen molar-refractivity contribution in [2.75, 3.05) is 6.61 Å². The zero-order valence-electron chi connectivity index (χ0n) is 13.5. The third-order valence-electron chi connectivity index (χ3n) is 4.00. The predicted molar refractivity (Wildman–Crippen MR) is 83.8 cm³/mol. The molecular weight excluding hydrogens is 264 g/mol. The zero-order valence-corrected chi connectivity index (χ0v) is 13.5. The highest BCUT2D eigenvalue weighted by molar-refractivity contribution is 5.97. The van der Waals surface area contributed by atoms with Crippen molar-refractivity contribution < 1.29 is 14.3 Å². The van der Waals surface area contributed by atoms with E-state index < -0.39 is 0 Å². The van der Waals surface area contributed by atoms with Gasteiger partial charge in [-0.2, -0.15) is 0 Å². The highest BCUT2D eigenvalue weighted by atomic mass is 16.5. The third-order valence-corrected chi connectivity index (χ3v) is 4.00. The summed E-state index contributed by atoms with van der Waals surface area (Å²) < 4.78 is 11.5. The fraction of sp³-hybridized carbons (Fsp3) is 0.611. The lowest BCUT2D eigenvalue weighted by Crippen LogP contribution is -2.35. The summed E-state index contributed by atoms with van der Waals surface area (Å²) in [6.07, 6.45) is 2.27. The number of Topliss-reactive ketones (excluding diaryl/α,β-unsaturated/α-hetero) is 1. The second-order valence-corrected chi connectivity index (χ2v) is 6.36. The number of hydrogen-bond donors (Lipinski definition) is 0. The maximum absolute atomic E-state index is 12.2. The van der Waals surface area contributed by atoms with Crippen molar-refractivity contribution in [1.29, 1.82) is 0 Å². The zero-order chi connectivity index (χ0) is 15.4. The SMILES string of the molecule is CC1CC(OCC(=O)c2ccc(C(C)C)cc2)CC(C)O1. The van der Waals surface area contributed by atoms with Gasteiger partial charge in [0.1, 0.15) is 6.61 Å². The van der Waals surface area contributed by atoms with Gasteiger partial charge in [-0.25, -0.2) is 0 Å². The van der Waals surface area contributed by atoms with Crippen LogP contribution in [0.15, 0.2) is 24.3 Å². The van der Waals surface area contributed by atoms with Gasteiger partial charge < -0.3 is 9.47 Å². The van der Waals surface area contributed by atoms with Gasteiger partial charge in [-0.3, -0.25) is 4.79 Å². The molecule has 116 valence electrons.